The lowest BCUT2D eigenvalue weighted by Gasteiger charge is -2.34. The van der Waals surface area contributed by atoms with Crippen molar-refractivity contribution in [1.82, 2.24) is 5.32 Å². The van der Waals surface area contributed by atoms with Gasteiger partial charge in [-0.15, -0.1) is 0 Å². The summed E-state index contributed by atoms with van der Waals surface area (Å²) in [5.74, 6) is 0. The van der Waals surface area contributed by atoms with Crippen LogP contribution in [0.25, 0.3) is 0 Å². The third-order valence-corrected chi connectivity index (χ3v) is 4.10. The molecule has 1 aromatic carbocycles. The van der Waals surface area contributed by atoms with Gasteiger partial charge in [0.2, 0.25) is 0 Å². The fraction of sp³-hybridized carbons (Fsp3) is 0.600. The first-order valence-electron chi connectivity index (χ1n) is 7.25. The molecular formula is C15H23N3. The minimum Gasteiger partial charge on any atom is -0.382 e. The molecule has 2 aliphatic rings. The zero-order chi connectivity index (χ0) is 12.2. The molecule has 1 unspecified atom stereocenters. The highest BCUT2D eigenvalue weighted by Gasteiger charge is 2.18. The molecule has 2 aliphatic heterocycles. The Balaban J connectivity index is 1.60. The number of hydrogen-bond acceptors (Lipinski definition) is 3. The summed E-state index contributed by atoms with van der Waals surface area (Å²) in [5.41, 5.74) is 2.67. The summed E-state index contributed by atoms with van der Waals surface area (Å²) < 4.78 is 0. The molecule has 3 heteroatoms. The highest BCUT2D eigenvalue weighted by molar-refractivity contribution is 5.71. The van der Waals surface area contributed by atoms with Crippen LogP contribution in [0.1, 0.15) is 25.7 Å². The van der Waals surface area contributed by atoms with E-state index in [1.807, 2.05) is 0 Å². The average molecular weight is 245 g/mol. The van der Waals surface area contributed by atoms with E-state index in [2.05, 4.69) is 39.8 Å². The zero-order valence-corrected chi connectivity index (χ0v) is 11.0. The molecule has 1 fully saturated rings. The Morgan fingerprint density at radius 3 is 3.00 bits per heavy atom. The number of piperidine rings is 1. The van der Waals surface area contributed by atoms with E-state index in [9.17, 15) is 0 Å². The van der Waals surface area contributed by atoms with Gasteiger partial charge in [-0.05, 0) is 37.9 Å². The van der Waals surface area contributed by atoms with Crippen molar-refractivity contribution in [2.45, 2.75) is 31.7 Å². The maximum absolute atomic E-state index is 3.64. The van der Waals surface area contributed by atoms with Gasteiger partial charge in [0.05, 0.1) is 11.4 Å². The molecule has 0 aromatic heterocycles. The molecule has 1 atom stereocenters. The van der Waals surface area contributed by atoms with Gasteiger partial charge in [-0.1, -0.05) is 18.6 Å². The van der Waals surface area contributed by atoms with Crippen LogP contribution in [0.5, 0.6) is 0 Å². The van der Waals surface area contributed by atoms with Gasteiger partial charge in [-0.25, -0.2) is 0 Å². The minimum absolute atomic E-state index is 0.737. The van der Waals surface area contributed by atoms with E-state index in [4.69, 9.17) is 0 Å². The van der Waals surface area contributed by atoms with Crippen LogP contribution in [0, 0.1) is 0 Å². The molecular weight excluding hydrogens is 222 g/mol. The van der Waals surface area contributed by atoms with Gasteiger partial charge in [0.1, 0.15) is 0 Å². The Morgan fingerprint density at radius 2 is 2.11 bits per heavy atom. The molecule has 0 spiro atoms. The quantitative estimate of drug-likeness (QED) is 0.856. The van der Waals surface area contributed by atoms with Crippen molar-refractivity contribution < 1.29 is 0 Å². The maximum atomic E-state index is 3.64. The predicted octanol–water partition coefficient (Wildman–Crippen LogP) is 2.45. The lowest BCUT2D eigenvalue weighted by atomic mass is 10.0. The van der Waals surface area contributed by atoms with E-state index in [1.54, 1.807) is 0 Å². The van der Waals surface area contributed by atoms with Gasteiger partial charge in [-0.2, -0.15) is 0 Å². The van der Waals surface area contributed by atoms with Gasteiger partial charge < -0.3 is 15.5 Å². The van der Waals surface area contributed by atoms with Crippen molar-refractivity contribution in [3.63, 3.8) is 0 Å². The standard InChI is InChI=1S/C15H23N3/c1-2-7-15-14(6-1)17-10-12-18(15)11-8-13-5-3-4-9-16-13/h1-2,6-7,13,16-17H,3-5,8-12H2. The molecule has 0 saturated carbocycles. The second kappa shape index (κ2) is 5.61. The third-order valence-electron chi connectivity index (χ3n) is 4.10. The summed E-state index contributed by atoms with van der Waals surface area (Å²) >= 11 is 0. The average Bonchev–Trinajstić information content (AvgIpc) is 2.46. The van der Waals surface area contributed by atoms with Gasteiger partial charge in [0.25, 0.3) is 0 Å². The van der Waals surface area contributed by atoms with Crippen LogP contribution >= 0.6 is 0 Å². The van der Waals surface area contributed by atoms with Crippen LogP contribution in [-0.2, 0) is 0 Å². The van der Waals surface area contributed by atoms with Crippen LogP contribution in [0.4, 0.5) is 11.4 Å². The Morgan fingerprint density at radius 1 is 1.17 bits per heavy atom. The molecule has 3 rings (SSSR count). The van der Waals surface area contributed by atoms with Crippen LogP contribution in [0.15, 0.2) is 24.3 Å². The van der Waals surface area contributed by atoms with Crippen molar-refractivity contribution in [1.29, 1.82) is 0 Å². The Kier molecular flexibility index (Phi) is 3.69. The van der Waals surface area contributed by atoms with E-state index in [0.29, 0.717) is 0 Å². The fourth-order valence-electron chi connectivity index (χ4n) is 3.06. The maximum Gasteiger partial charge on any atom is 0.0602 e. The van der Waals surface area contributed by atoms with Crippen molar-refractivity contribution in [3.05, 3.63) is 24.3 Å². The molecule has 2 N–H and O–H groups in total. The second-order valence-corrected chi connectivity index (χ2v) is 5.37. The van der Waals surface area contributed by atoms with E-state index in [0.717, 1.165) is 19.1 Å². The number of anilines is 2. The van der Waals surface area contributed by atoms with Gasteiger partial charge >= 0.3 is 0 Å². The SMILES string of the molecule is c1ccc2c(c1)NCCN2CCC1CCCCN1. The highest BCUT2D eigenvalue weighted by Crippen LogP contribution is 2.28. The molecule has 3 nitrogen and oxygen atoms in total. The summed E-state index contributed by atoms with van der Waals surface area (Å²) in [6, 6.07) is 9.40. The smallest absolute Gasteiger partial charge is 0.0602 e. The number of benzene rings is 1. The third kappa shape index (κ3) is 2.61. The van der Waals surface area contributed by atoms with Crippen LogP contribution in [0.3, 0.4) is 0 Å². The van der Waals surface area contributed by atoms with Crippen molar-refractivity contribution in [3.8, 4) is 0 Å². The molecule has 0 bridgehead atoms. The number of para-hydroxylation sites is 2. The first-order valence-corrected chi connectivity index (χ1v) is 7.25. The van der Waals surface area contributed by atoms with E-state index < -0.39 is 0 Å². The van der Waals surface area contributed by atoms with Crippen LogP contribution in [-0.4, -0.2) is 32.2 Å². The fourth-order valence-corrected chi connectivity index (χ4v) is 3.06. The van der Waals surface area contributed by atoms with E-state index >= 15 is 0 Å². The van der Waals surface area contributed by atoms with Crippen molar-refractivity contribution >= 4 is 11.4 Å². The van der Waals surface area contributed by atoms with E-state index in [-0.39, 0.29) is 0 Å². The van der Waals surface area contributed by atoms with Crippen LogP contribution < -0.4 is 15.5 Å². The Labute approximate surface area is 110 Å². The molecule has 2 heterocycles. The Hall–Kier alpha value is -1.22. The van der Waals surface area contributed by atoms with Crippen molar-refractivity contribution in [2.75, 3.05) is 36.4 Å². The second-order valence-electron chi connectivity index (χ2n) is 5.37. The first kappa shape index (κ1) is 11.8. The predicted molar refractivity (Wildman–Crippen MR) is 77.4 cm³/mol. The molecule has 0 amide bonds. The molecule has 1 saturated heterocycles. The Bertz CT molecular complexity index is 385. The first-order chi connectivity index (χ1) is 8.93. The lowest BCUT2D eigenvalue weighted by Crippen LogP contribution is -2.40. The summed E-state index contributed by atoms with van der Waals surface area (Å²) in [7, 11) is 0. The number of fused-ring (bicyclic) bond motifs is 1. The highest BCUT2D eigenvalue weighted by atomic mass is 15.2. The lowest BCUT2D eigenvalue weighted by molar-refractivity contribution is 0.383. The molecule has 0 radical (unpaired) electrons. The van der Waals surface area contributed by atoms with E-state index in [1.165, 1.54) is 50.1 Å². The number of nitrogens with one attached hydrogen (secondary N) is 2. The molecule has 1 aromatic rings. The normalized spacial score (nSPS) is 23.3. The van der Waals surface area contributed by atoms with Gasteiger partial charge in [0, 0.05) is 25.7 Å². The topological polar surface area (TPSA) is 27.3 Å². The monoisotopic (exact) mass is 245 g/mol. The summed E-state index contributed by atoms with van der Waals surface area (Å²) in [6.07, 6.45) is 5.38. The molecule has 18 heavy (non-hydrogen) atoms. The van der Waals surface area contributed by atoms with Crippen molar-refractivity contribution in [2.24, 2.45) is 0 Å². The number of nitrogens with zero attached hydrogens (tertiary/aromatic N) is 1. The summed E-state index contributed by atoms with van der Waals surface area (Å²) in [6.45, 7) is 4.58. The summed E-state index contributed by atoms with van der Waals surface area (Å²) in [4.78, 5) is 2.53. The van der Waals surface area contributed by atoms with Gasteiger partial charge in [0.15, 0.2) is 0 Å². The van der Waals surface area contributed by atoms with Crippen LogP contribution in [0.2, 0.25) is 0 Å². The van der Waals surface area contributed by atoms with Gasteiger partial charge in [-0.3, -0.25) is 0 Å². The summed E-state index contributed by atoms with van der Waals surface area (Å²) in [5, 5.41) is 7.11. The molecule has 0 aliphatic carbocycles. The number of hydrogen-bond donors (Lipinski definition) is 2. The minimum atomic E-state index is 0.737. The number of rotatable bonds is 3. The largest absolute Gasteiger partial charge is 0.382 e. The molecule has 98 valence electrons. The zero-order valence-electron chi connectivity index (χ0n) is 11.0.